The van der Waals surface area contributed by atoms with E-state index in [-0.39, 0.29) is 11.0 Å². The third-order valence-corrected chi connectivity index (χ3v) is 4.72. The van der Waals surface area contributed by atoms with E-state index in [1.54, 1.807) is 0 Å². The number of Topliss-reactive ketones (excluding diaryl/α,β-unsaturated/α-hetero) is 1. The minimum absolute atomic E-state index is 0.138. The van der Waals surface area contributed by atoms with Gasteiger partial charge in [-0.05, 0) is 45.2 Å². The maximum absolute atomic E-state index is 12.6. The summed E-state index contributed by atoms with van der Waals surface area (Å²) < 4.78 is 0. The third kappa shape index (κ3) is 3.18. The Hall–Kier alpha value is -1.62. The molecular formula is C16H19N3OS. The van der Waals surface area contributed by atoms with Crippen molar-refractivity contribution in [1.82, 2.24) is 15.2 Å². The fraction of sp³-hybridized carbons (Fsp3) is 0.438. The average molecular weight is 301 g/mol. The molecule has 0 saturated heterocycles. The predicted molar refractivity (Wildman–Crippen MR) is 83.9 cm³/mol. The van der Waals surface area contributed by atoms with E-state index in [0.717, 1.165) is 22.5 Å². The zero-order valence-electron chi connectivity index (χ0n) is 12.5. The van der Waals surface area contributed by atoms with Gasteiger partial charge in [0, 0.05) is 11.5 Å². The van der Waals surface area contributed by atoms with Crippen molar-refractivity contribution in [1.29, 1.82) is 0 Å². The molecule has 4 nitrogen and oxygen atoms in total. The smallest absolute Gasteiger partial charge is 0.209 e. The number of nitrogens with zero attached hydrogens (tertiary/aromatic N) is 2. The summed E-state index contributed by atoms with van der Waals surface area (Å²) in [6, 6.07) is 5.99. The summed E-state index contributed by atoms with van der Waals surface area (Å²) in [4.78, 5) is 17.1. The van der Waals surface area contributed by atoms with E-state index in [0.29, 0.717) is 11.1 Å². The molecule has 3 rings (SSSR count). The van der Waals surface area contributed by atoms with Gasteiger partial charge < -0.3 is 0 Å². The van der Waals surface area contributed by atoms with Crippen LogP contribution >= 0.6 is 11.8 Å². The molecule has 1 aliphatic carbocycles. The molecule has 5 heteroatoms. The summed E-state index contributed by atoms with van der Waals surface area (Å²) in [5, 5.41) is 7.67. The molecule has 1 saturated carbocycles. The van der Waals surface area contributed by atoms with Crippen LogP contribution in [0.4, 0.5) is 0 Å². The Bertz CT molecular complexity index is 676. The third-order valence-electron chi connectivity index (χ3n) is 3.76. The molecule has 0 aliphatic heterocycles. The largest absolute Gasteiger partial charge is 0.293 e. The number of hydrogen-bond acceptors (Lipinski definition) is 4. The molecule has 0 radical (unpaired) electrons. The molecule has 1 fully saturated rings. The lowest BCUT2D eigenvalue weighted by Crippen LogP contribution is -2.15. The molecule has 0 spiro atoms. The Morgan fingerprint density at radius 2 is 2.14 bits per heavy atom. The monoisotopic (exact) mass is 301 g/mol. The van der Waals surface area contributed by atoms with Gasteiger partial charge in [0.25, 0.3) is 0 Å². The maximum Gasteiger partial charge on any atom is 0.209 e. The van der Waals surface area contributed by atoms with Crippen molar-refractivity contribution >= 4 is 17.5 Å². The Balaban J connectivity index is 1.72. The summed E-state index contributed by atoms with van der Waals surface area (Å²) >= 11 is 1.42. The number of benzene rings is 1. The van der Waals surface area contributed by atoms with E-state index in [2.05, 4.69) is 15.2 Å². The van der Waals surface area contributed by atoms with Gasteiger partial charge in [0.2, 0.25) is 5.16 Å². The Labute approximate surface area is 128 Å². The van der Waals surface area contributed by atoms with Gasteiger partial charge in [0.1, 0.15) is 5.82 Å². The van der Waals surface area contributed by atoms with Gasteiger partial charge in [-0.1, -0.05) is 29.5 Å². The van der Waals surface area contributed by atoms with Gasteiger partial charge >= 0.3 is 0 Å². The number of aryl methyl sites for hydroxylation is 2. The van der Waals surface area contributed by atoms with Crippen molar-refractivity contribution in [3.05, 3.63) is 40.7 Å². The highest BCUT2D eigenvalue weighted by molar-refractivity contribution is 8.00. The number of aromatic nitrogens is 3. The van der Waals surface area contributed by atoms with Gasteiger partial charge in [0.05, 0.1) is 5.25 Å². The van der Waals surface area contributed by atoms with Crippen molar-refractivity contribution in [2.45, 2.75) is 49.9 Å². The standard InChI is InChI=1S/C16H19N3OS/c1-9-4-5-10(2)13(8-9)14(20)11(3)21-16-17-15(18-19-16)12-6-7-12/h4-5,8,11-12H,6-7H2,1-3H3,(H,17,18,19)/t11-/m0/s1. The highest BCUT2D eigenvalue weighted by Crippen LogP contribution is 2.38. The molecule has 2 aromatic rings. The lowest BCUT2D eigenvalue weighted by molar-refractivity contribution is 0.0993. The highest BCUT2D eigenvalue weighted by Gasteiger charge is 2.28. The second-order valence-corrected chi connectivity index (χ2v) is 7.03. The first-order valence-corrected chi connectivity index (χ1v) is 8.13. The van der Waals surface area contributed by atoms with Crippen molar-refractivity contribution < 1.29 is 4.79 Å². The number of ketones is 1. The van der Waals surface area contributed by atoms with E-state index in [1.165, 1.54) is 24.6 Å². The van der Waals surface area contributed by atoms with Crippen LogP contribution in [0.25, 0.3) is 0 Å². The van der Waals surface area contributed by atoms with Gasteiger partial charge in [-0.15, -0.1) is 5.10 Å². The number of rotatable bonds is 5. The summed E-state index contributed by atoms with van der Waals surface area (Å²) in [6.07, 6.45) is 2.38. The Morgan fingerprint density at radius 3 is 2.86 bits per heavy atom. The first-order valence-electron chi connectivity index (χ1n) is 7.25. The molecule has 1 aliphatic rings. The van der Waals surface area contributed by atoms with Crippen LogP contribution in [0, 0.1) is 13.8 Å². The molecule has 21 heavy (non-hydrogen) atoms. The molecule has 1 N–H and O–H groups in total. The van der Waals surface area contributed by atoms with Gasteiger partial charge in [-0.2, -0.15) is 0 Å². The molecule has 1 atom stereocenters. The van der Waals surface area contributed by atoms with E-state index >= 15 is 0 Å². The van der Waals surface area contributed by atoms with E-state index in [4.69, 9.17) is 0 Å². The number of carbonyl (C=O) groups is 1. The fourth-order valence-corrected chi connectivity index (χ4v) is 3.08. The minimum atomic E-state index is -0.187. The average Bonchev–Trinajstić information content (AvgIpc) is 3.21. The lowest BCUT2D eigenvalue weighted by atomic mass is 10.0. The van der Waals surface area contributed by atoms with E-state index in [1.807, 2.05) is 39.0 Å². The quantitative estimate of drug-likeness (QED) is 0.676. The topological polar surface area (TPSA) is 58.6 Å². The normalized spacial score (nSPS) is 16.0. The van der Waals surface area contributed by atoms with Crippen LogP contribution in [-0.4, -0.2) is 26.2 Å². The zero-order valence-corrected chi connectivity index (χ0v) is 13.3. The van der Waals surface area contributed by atoms with Crippen molar-refractivity contribution in [2.75, 3.05) is 0 Å². The molecule has 0 bridgehead atoms. The molecule has 1 heterocycles. The number of hydrogen-bond donors (Lipinski definition) is 1. The number of nitrogens with one attached hydrogen (secondary N) is 1. The summed E-state index contributed by atoms with van der Waals surface area (Å²) in [5.74, 6) is 1.65. The van der Waals surface area contributed by atoms with Crippen molar-refractivity contribution in [3.63, 3.8) is 0 Å². The van der Waals surface area contributed by atoms with Crippen molar-refractivity contribution in [2.24, 2.45) is 0 Å². The number of carbonyl (C=O) groups excluding carboxylic acids is 1. The molecular weight excluding hydrogens is 282 g/mol. The minimum Gasteiger partial charge on any atom is -0.293 e. The van der Waals surface area contributed by atoms with Crippen molar-refractivity contribution in [3.8, 4) is 0 Å². The Kier molecular flexibility index (Phi) is 3.85. The molecule has 1 aromatic carbocycles. The molecule has 0 amide bonds. The first-order chi connectivity index (χ1) is 10.0. The van der Waals surface area contributed by atoms with Crippen LogP contribution in [0.5, 0.6) is 0 Å². The van der Waals surface area contributed by atoms with E-state index < -0.39 is 0 Å². The predicted octanol–water partition coefficient (Wildman–Crippen LogP) is 3.66. The van der Waals surface area contributed by atoms with Crippen LogP contribution in [0.15, 0.2) is 23.4 Å². The number of aromatic amines is 1. The summed E-state index contributed by atoms with van der Waals surface area (Å²) in [5.41, 5.74) is 2.93. The maximum atomic E-state index is 12.6. The van der Waals surface area contributed by atoms with Gasteiger partial charge in [-0.3, -0.25) is 9.89 Å². The number of H-pyrrole nitrogens is 1. The van der Waals surface area contributed by atoms with Crippen LogP contribution in [0.1, 0.15) is 53.0 Å². The van der Waals surface area contributed by atoms with Crippen LogP contribution in [0.2, 0.25) is 0 Å². The summed E-state index contributed by atoms with van der Waals surface area (Å²) in [6.45, 7) is 5.90. The van der Waals surface area contributed by atoms with Gasteiger partial charge in [0.15, 0.2) is 5.78 Å². The molecule has 1 aromatic heterocycles. The van der Waals surface area contributed by atoms with Gasteiger partial charge in [-0.25, -0.2) is 4.98 Å². The van der Waals surface area contributed by atoms with E-state index in [9.17, 15) is 4.79 Å². The molecule has 0 unspecified atom stereocenters. The summed E-state index contributed by atoms with van der Waals surface area (Å²) in [7, 11) is 0. The Morgan fingerprint density at radius 1 is 1.38 bits per heavy atom. The second kappa shape index (κ2) is 5.64. The first kappa shape index (κ1) is 14.3. The lowest BCUT2D eigenvalue weighted by Gasteiger charge is -2.11. The fourth-order valence-electron chi connectivity index (χ4n) is 2.28. The van der Waals surface area contributed by atoms with Crippen LogP contribution in [0.3, 0.4) is 0 Å². The zero-order chi connectivity index (χ0) is 15.0. The number of thioether (sulfide) groups is 1. The van der Waals surface area contributed by atoms with Crippen LogP contribution in [-0.2, 0) is 0 Å². The van der Waals surface area contributed by atoms with Crippen LogP contribution < -0.4 is 0 Å². The SMILES string of the molecule is Cc1ccc(C)c(C(=O)[C@H](C)Sc2n[nH]c(C3CC3)n2)c1. The second-order valence-electron chi connectivity index (χ2n) is 5.72. The highest BCUT2D eigenvalue weighted by atomic mass is 32.2. The molecule has 110 valence electrons.